The fourth-order valence-corrected chi connectivity index (χ4v) is 4.49. The molecule has 9 heteroatoms. The fourth-order valence-electron chi connectivity index (χ4n) is 2.38. The van der Waals surface area contributed by atoms with Gasteiger partial charge in [-0.3, -0.25) is 4.79 Å². The quantitative estimate of drug-likeness (QED) is 0.617. The van der Waals surface area contributed by atoms with Gasteiger partial charge in [0.05, 0.1) is 26.7 Å². The average molecular weight is 394 g/mol. The van der Waals surface area contributed by atoms with E-state index in [1.54, 1.807) is 18.2 Å². The molecule has 0 heterocycles. The Morgan fingerprint density at radius 3 is 2.44 bits per heavy atom. The van der Waals surface area contributed by atoms with Crippen molar-refractivity contribution < 1.29 is 27.3 Å². The first-order chi connectivity index (χ1) is 11.5. The van der Waals surface area contributed by atoms with Crippen LogP contribution in [0.1, 0.15) is 0 Å². The van der Waals surface area contributed by atoms with Crippen LogP contribution in [0, 0.1) is 0 Å². The van der Waals surface area contributed by atoms with Crippen molar-refractivity contribution in [1.82, 2.24) is 4.31 Å². The Morgan fingerprint density at radius 2 is 1.92 bits per heavy atom. The maximum atomic E-state index is 13.2. The van der Waals surface area contributed by atoms with Crippen LogP contribution in [0.25, 0.3) is 0 Å². The predicted molar refractivity (Wildman–Crippen MR) is 91.0 cm³/mol. The molecule has 1 aromatic rings. The number of alkyl halides is 4. The number of benzene rings is 1. The minimum atomic E-state index is -4.63. The molecule has 0 aromatic heterocycles. The molecule has 2 rings (SSSR count). The Balaban J connectivity index is 2.52. The molecule has 136 valence electrons. The summed E-state index contributed by atoms with van der Waals surface area (Å²) in [6.07, 6.45) is -1.92. The SMILES string of the molecule is C=S(=O)(c1ccccc1)N(CC(=O)O)C1C=C(C(F)(F)F)C=CC1Cl. The second-order valence-corrected chi connectivity index (χ2v) is 8.06. The lowest BCUT2D eigenvalue weighted by Crippen LogP contribution is -2.47. The number of nitrogens with zero attached hydrogens (tertiary/aromatic N) is 1. The Kier molecular flexibility index (Phi) is 5.65. The van der Waals surface area contributed by atoms with E-state index < -0.39 is 45.4 Å². The molecule has 1 aromatic carbocycles. The van der Waals surface area contributed by atoms with E-state index in [1.165, 1.54) is 12.1 Å². The first-order valence-electron chi connectivity index (χ1n) is 7.05. The number of carboxylic acid groups (broad SMARTS) is 1. The minimum Gasteiger partial charge on any atom is -0.480 e. The molecule has 0 saturated heterocycles. The molecule has 0 spiro atoms. The smallest absolute Gasteiger partial charge is 0.416 e. The van der Waals surface area contributed by atoms with Crippen LogP contribution in [0.4, 0.5) is 13.2 Å². The molecule has 0 amide bonds. The third-order valence-corrected chi connectivity index (χ3v) is 6.12. The van der Waals surface area contributed by atoms with Gasteiger partial charge in [-0.1, -0.05) is 36.4 Å². The zero-order valence-corrected chi connectivity index (χ0v) is 14.4. The molecule has 3 unspecified atom stereocenters. The van der Waals surface area contributed by atoms with Crippen LogP contribution in [0.5, 0.6) is 0 Å². The van der Waals surface area contributed by atoms with Crippen LogP contribution in [-0.4, -0.2) is 49.6 Å². The van der Waals surface area contributed by atoms with Gasteiger partial charge in [0.25, 0.3) is 0 Å². The van der Waals surface area contributed by atoms with Crippen LogP contribution in [0.2, 0.25) is 0 Å². The molecular formula is C16H15ClF3NO3S. The van der Waals surface area contributed by atoms with Crippen molar-refractivity contribution in [3.05, 3.63) is 54.1 Å². The third kappa shape index (κ3) is 4.45. The number of hydrogen-bond acceptors (Lipinski definition) is 2. The Morgan fingerprint density at radius 1 is 1.32 bits per heavy atom. The van der Waals surface area contributed by atoms with Crippen LogP contribution in [0.3, 0.4) is 0 Å². The fraction of sp³-hybridized carbons (Fsp3) is 0.250. The molecule has 0 radical (unpaired) electrons. The average Bonchev–Trinajstić information content (AvgIpc) is 2.53. The maximum Gasteiger partial charge on any atom is 0.416 e. The summed E-state index contributed by atoms with van der Waals surface area (Å²) in [6.45, 7) is -0.777. The monoisotopic (exact) mass is 393 g/mol. The Labute approximate surface area is 148 Å². The van der Waals surface area contributed by atoms with E-state index in [9.17, 15) is 22.2 Å². The van der Waals surface area contributed by atoms with Crippen molar-refractivity contribution in [3.63, 3.8) is 0 Å². The predicted octanol–water partition coefficient (Wildman–Crippen LogP) is 3.10. The molecular weight excluding hydrogens is 379 g/mol. The van der Waals surface area contributed by atoms with E-state index in [-0.39, 0.29) is 4.90 Å². The van der Waals surface area contributed by atoms with Gasteiger partial charge in [-0.25, -0.2) is 8.51 Å². The second kappa shape index (κ2) is 7.23. The molecule has 0 bridgehead atoms. The van der Waals surface area contributed by atoms with Gasteiger partial charge in [0, 0.05) is 4.90 Å². The normalized spacial score (nSPS) is 23.2. The van der Waals surface area contributed by atoms with Gasteiger partial charge in [0.15, 0.2) is 0 Å². The molecule has 1 aliphatic rings. The van der Waals surface area contributed by atoms with Gasteiger partial charge >= 0.3 is 12.1 Å². The van der Waals surface area contributed by atoms with Gasteiger partial charge in [0.1, 0.15) is 6.54 Å². The second-order valence-electron chi connectivity index (χ2n) is 5.34. The summed E-state index contributed by atoms with van der Waals surface area (Å²) in [5, 5.41) is 8.15. The molecule has 0 saturated carbocycles. The van der Waals surface area contributed by atoms with Crippen molar-refractivity contribution in [2.24, 2.45) is 0 Å². The van der Waals surface area contributed by atoms with Gasteiger partial charge in [-0.15, -0.1) is 11.6 Å². The van der Waals surface area contributed by atoms with Gasteiger partial charge in [-0.2, -0.15) is 13.2 Å². The topological polar surface area (TPSA) is 57.6 Å². The number of carboxylic acids is 1. The lowest BCUT2D eigenvalue weighted by Gasteiger charge is -2.35. The summed E-state index contributed by atoms with van der Waals surface area (Å²) in [7, 11) is -3.38. The summed E-state index contributed by atoms with van der Waals surface area (Å²) >= 11 is 6.08. The summed E-state index contributed by atoms with van der Waals surface area (Å²) < 4.78 is 53.1. The van der Waals surface area contributed by atoms with E-state index in [4.69, 9.17) is 16.7 Å². The van der Waals surface area contributed by atoms with Crippen LogP contribution >= 0.6 is 11.6 Å². The van der Waals surface area contributed by atoms with Gasteiger partial charge in [0.2, 0.25) is 0 Å². The third-order valence-electron chi connectivity index (χ3n) is 3.58. The van der Waals surface area contributed by atoms with Crippen LogP contribution < -0.4 is 0 Å². The number of rotatable bonds is 5. The molecule has 25 heavy (non-hydrogen) atoms. The molecule has 3 atom stereocenters. The highest BCUT2D eigenvalue weighted by atomic mass is 35.5. The maximum absolute atomic E-state index is 13.2. The van der Waals surface area contributed by atoms with Crippen LogP contribution in [-0.2, 0) is 14.5 Å². The molecule has 1 N–H and O–H groups in total. The molecule has 1 aliphatic carbocycles. The van der Waals surface area contributed by atoms with Gasteiger partial charge < -0.3 is 5.11 Å². The van der Waals surface area contributed by atoms with Crippen molar-refractivity contribution in [2.45, 2.75) is 22.5 Å². The number of hydrogen-bond donors (Lipinski definition) is 1. The number of aliphatic carboxylic acids is 1. The largest absolute Gasteiger partial charge is 0.480 e. The van der Waals surface area contributed by atoms with Crippen molar-refractivity contribution in [2.75, 3.05) is 6.54 Å². The minimum absolute atomic E-state index is 0.205. The van der Waals surface area contributed by atoms with E-state index in [1.807, 2.05) is 0 Å². The highest BCUT2D eigenvalue weighted by molar-refractivity contribution is 7.98. The first-order valence-corrected chi connectivity index (χ1v) is 9.17. The number of carbonyl (C=O) groups is 1. The Bertz CT molecular complexity index is 804. The standard InChI is InChI=1S/C16H15ClF3NO3S/c1-25(24,12-5-3-2-4-6-12)21(10-15(22)23)14-9-11(16(18,19)20)7-8-13(14)17/h2-9,13-14H,1,10H2,(H,22,23). The molecule has 0 aliphatic heterocycles. The Hall–Kier alpha value is -1.77. The van der Waals surface area contributed by atoms with E-state index in [0.717, 1.165) is 22.5 Å². The lowest BCUT2D eigenvalue weighted by molar-refractivity contribution is -0.137. The van der Waals surface area contributed by atoms with Crippen molar-refractivity contribution in [1.29, 1.82) is 0 Å². The molecule has 0 fully saturated rings. The first kappa shape index (κ1) is 19.6. The van der Waals surface area contributed by atoms with Crippen molar-refractivity contribution in [3.8, 4) is 0 Å². The van der Waals surface area contributed by atoms with Crippen molar-refractivity contribution >= 4 is 33.1 Å². The number of allylic oxidation sites excluding steroid dienone is 2. The zero-order valence-electron chi connectivity index (χ0n) is 12.8. The highest BCUT2D eigenvalue weighted by Gasteiger charge is 2.39. The zero-order chi connectivity index (χ0) is 18.8. The lowest BCUT2D eigenvalue weighted by atomic mass is 10.0. The van der Waals surface area contributed by atoms with Crippen LogP contribution in [0.15, 0.2) is 59.0 Å². The summed E-state index contributed by atoms with van der Waals surface area (Å²) in [6, 6.07) is 6.52. The van der Waals surface area contributed by atoms with E-state index in [0.29, 0.717) is 0 Å². The van der Waals surface area contributed by atoms with Gasteiger partial charge in [-0.05, 0) is 18.0 Å². The summed E-state index contributed by atoms with van der Waals surface area (Å²) in [5.74, 6) is 2.23. The summed E-state index contributed by atoms with van der Waals surface area (Å²) in [5.41, 5.74) is -0.979. The van der Waals surface area contributed by atoms with E-state index >= 15 is 0 Å². The summed E-state index contributed by atoms with van der Waals surface area (Å²) in [4.78, 5) is 11.4. The molecule has 4 nitrogen and oxygen atoms in total. The highest BCUT2D eigenvalue weighted by Crippen LogP contribution is 2.33. The van der Waals surface area contributed by atoms with E-state index in [2.05, 4.69) is 5.87 Å². The number of halogens is 4.